The molecule has 1 atom stereocenters. The van der Waals surface area contributed by atoms with E-state index in [0.717, 1.165) is 0 Å². The lowest BCUT2D eigenvalue weighted by molar-refractivity contribution is 0.0163. The van der Waals surface area contributed by atoms with Gasteiger partial charge in [0.05, 0.1) is 17.7 Å². The van der Waals surface area contributed by atoms with Gasteiger partial charge in [0.25, 0.3) is 0 Å². The highest BCUT2D eigenvalue weighted by Gasteiger charge is 2.30. The van der Waals surface area contributed by atoms with Crippen LogP contribution in [0.25, 0.3) is 0 Å². The number of nitrogens with one attached hydrogen (secondary N) is 1. The lowest BCUT2D eigenvalue weighted by Crippen LogP contribution is -2.53. The Labute approximate surface area is 130 Å². The second-order valence-corrected chi connectivity index (χ2v) is 6.29. The van der Waals surface area contributed by atoms with Gasteiger partial charge in [-0.25, -0.2) is 9.59 Å². The van der Waals surface area contributed by atoms with Crippen molar-refractivity contribution in [1.82, 2.24) is 5.32 Å². The van der Waals surface area contributed by atoms with Gasteiger partial charge in [-0.3, -0.25) is 0 Å². The highest BCUT2D eigenvalue weighted by atomic mass is 16.6. The average Bonchev–Trinajstić information content (AvgIpc) is 2.43. The molecule has 2 N–H and O–H groups in total. The number of carbonyl (C=O) groups is 2. The molecule has 6 heteroatoms. The number of aliphatic hydroxyl groups is 1. The summed E-state index contributed by atoms with van der Waals surface area (Å²) in [6, 6.07) is 8.49. The number of amides is 1. The first-order valence-electron chi connectivity index (χ1n) is 6.99. The molecule has 0 aliphatic carbocycles. The summed E-state index contributed by atoms with van der Waals surface area (Å²) in [7, 11) is 0. The van der Waals surface area contributed by atoms with Gasteiger partial charge in [0.2, 0.25) is 0 Å². The molecule has 0 saturated heterocycles. The van der Waals surface area contributed by atoms with Crippen molar-refractivity contribution in [3.63, 3.8) is 0 Å². The molecule has 0 fully saturated rings. The Kier molecular flexibility index (Phi) is 5.93. The van der Waals surface area contributed by atoms with Crippen LogP contribution in [0.5, 0.6) is 0 Å². The molecule has 0 spiro atoms. The smallest absolute Gasteiger partial charge is 0.408 e. The van der Waals surface area contributed by atoms with Crippen LogP contribution in [0.3, 0.4) is 0 Å². The van der Waals surface area contributed by atoms with Gasteiger partial charge in [-0.2, -0.15) is 0 Å². The third-order valence-electron chi connectivity index (χ3n) is 2.68. The first-order valence-corrected chi connectivity index (χ1v) is 6.99. The third kappa shape index (κ3) is 6.13. The Hall–Kier alpha value is -2.08. The van der Waals surface area contributed by atoms with Gasteiger partial charge >= 0.3 is 12.1 Å². The number of esters is 1. The molecule has 6 nitrogen and oxygen atoms in total. The SMILES string of the molecule is CC(C)(C)OC(=O)N[C@@](C)(CO)COC(=O)c1ccccc1. The lowest BCUT2D eigenvalue weighted by atomic mass is 10.1. The second-order valence-electron chi connectivity index (χ2n) is 6.29. The minimum absolute atomic E-state index is 0.170. The fraction of sp³-hybridized carbons (Fsp3) is 0.500. The Balaban J connectivity index is 2.59. The summed E-state index contributed by atoms with van der Waals surface area (Å²) < 4.78 is 10.3. The van der Waals surface area contributed by atoms with Crippen LogP contribution in [-0.4, -0.2) is 41.5 Å². The number of benzene rings is 1. The fourth-order valence-electron chi connectivity index (χ4n) is 1.55. The van der Waals surface area contributed by atoms with Crippen LogP contribution in [0, 0.1) is 0 Å². The summed E-state index contributed by atoms with van der Waals surface area (Å²) >= 11 is 0. The van der Waals surface area contributed by atoms with Gasteiger partial charge in [-0.1, -0.05) is 18.2 Å². The number of hydrogen-bond donors (Lipinski definition) is 2. The van der Waals surface area contributed by atoms with Crippen LogP contribution in [0.15, 0.2) is 30.3 Å². The Morgan fingerprint density at radius 3 is 2.23 bits per heavy atom. The summed E-state index contributed by atoms with van der Waals surface area (Å²) in [5.41, 5.74) is -1.37. The molecule has 0 saturated carbocycles. The first-order chi connectivity index (χ1) is 10.2. The van der Waals surface area contributed by atoms with Crippen molar-refractivity contribution in [3.8, 4) is 0 Å². The summed E-state index contributed by atoms with van der Waals surface area (Å²) in [5, 5.41) is 12.0. The van der Waals surface area contributed by atoms with Crippen LogP contribution in [0.4, 0.5) is 4.79 Å². The minimum atomic E-state index is -1.12. The molecule has 0 aliphatic heterocycles. The zero-order valence-electron chi connectivity index (χ0n) is 13.4. The Bertz CT molecular complexity index is 509. The zero-order chi connectivity index (χ0) is 16.8. The largest absolute Gasteiger partial charge is 0.460 e. The number of hydrogen-bond acceptors (Lipinski definition) is 5. The van der Waals surface area contributed by atoms with Crippen LogP contribution in [0.1, 0.15) is 38.1 Å². The molecule has 1 aromatic carbocycles. The average molecular weight is 309 g/mol. The lowest BCUT2D eigenvalue weighted by Gasteiger charge is -2.29. The van der Waals surface area contributed by atoms with Crippen LogP contribution < -0.4 is 5.32 Å². The van der Waals surface area contributed by atoms with Crippen molar-refractivity contribution in [2.75, 3.05) is 13.2 Å². The monoisotopic (exact) mass is 309 g/mol. The molecule has 1 aromatic rings. The Morgan fingerprint density at radius 2 is 1.73 bits per heavy atom. The normalized spacial score (nSPS) is 13.9. The van der Waals surface area contributed by atoms with Gasteiger partial charge in [-0.15, -0.1) is 0 Å². The predicted octanol–water partition coefficient (Wildman–Crippen LogP) is 2.12. The molecule has 1 amide bonds. The quantitative estimate of drug-likeness (QED) is 0.814. The molecular weight excluding hydrogens is 286 g/mol. The predicted molar refractivity (Wildman–Crippen MR) is 81.6 cm³/mol. The van der Waals surface area contributed by atoms with E-state index >= 15 is 0 Å². The van der Waals surface area contributed by atoms with Crippen LogP contribution >= 0.6 is 0 Å². The maximum Gasteiger partial charge on any atom is 0.408 e. The van der Waals surface area contributed by atoms with Crippen molar-refractivity contribution in [3.05, 3.63) is 35.9 Å². The van der Waals surface area contributed by atoms with E-state index in [1.165, 1.54) is 0 Å². The molecular formula is C16H23NO5. The number of carbonyl (C=O) groups excluding carboxylic acids is 2. The van der Waals surface area contributed by atoms with E-state index in [2.05, 4.69) is 5.32 Å². The van der Waals surface area contributed by atoms with Crippen LogP contribution in [-0.2, 0) is 9.47 Å². The summed E-state index contributed by atoms with van der Waals surface area (Å²) in [4.78, 5) is 23.6. The molecule has 0 bridgehead atoms. The number of aliphatic hydroxyl groups excluding tert-OH is 1. The van der Waals surface area contributed by atoms with Crippen molar-refractivity contribution in [2.24, 2.45) is 0 Å². The van der Waals surface area contributed by atoms with Gasteiger partial charge < -0.3 is 19.9 Å². The Morgan fingerprint density at radius 1 is 1.14 bits per heavy atom. The van der Waals surface area contributed by atoms with E-state index in [-0.39, 0.29) is 6.61 Å². The molecule has 0 aromatic heterocycles. The molecule has 0 aliphatic rings. The molecule has 0 heterocycles. The highest BCUT2D eigenvalue weighted by Crippen LogP contribution is 2.11. The van der Waals surface area contributed by atoms with E-state index in [0.29, 0.717) is 5.56 Å². The maximum absolute atomic E-state index is 11.9. The molecule has 0 radical (unpaired) electrons. The van der Waals surface area contributed by atoms with Crippen LogP contribution in [0.2, 0.25) is 0 Å². The maximum atomic E-state index is 11.9. The second kappa shape index (κ2) is 7.26. The van der Waals surface area contributed by atoms with E-state index in [4.69, 9.17) is 9.47 Å². The van der Waals surface area contributed by atoms with E-state index in [9.17, 15) is 14.7 Å². The van der Waals surface area contributed by atoms with Crippen molar-refractivity contribution < 1.29 is 24.2 Å². The third-order valence-corrected chi connectivity index (χ3v) is 2.68. The molecule has 0 unspecified atom stereocenters. The first kappa shape index (κ1) is 18.0. The van der Waals surface area contributed by atoms with E-state index in [1.54, 1.807) is 58.0 Å². The van der Waals surface area contributed by atoms with E-state index < -0.39 is 29.8 Å². The number of rotatable bonds is 5. The molecule has 1 rings (SSSR count). The summed E-state index contributed by atoms with van der Waals surface area (Å²) in [5.74, 6) is -0.522. The number of ether oxygens (including phenoxy) is 2. The van der Waals surface area contributed by atoms with Crippen molar-refractivity contribution in [2.45, 2.75) is 38.8 Å². The topological polar surface area (TPSA) is 84.9 Å². The van der Waals surface area contributed by atoms with Gasteiger partial charge in [0.1, 0.15) is 12.2 Å². The van der Waals surface area contributed by atoms with Crippen molar-refractivity contribution in [1.29, 1.82) is 0 Å². The minimum Gasteiger partial charge on any atom is -0.460 e. The number of alkyl carbamates (subject to hydrolysis) is 1. The standard InChI is InChI=1S/C16H23NO5/c1-15(2,3)22-14(20)17-16(4,10-18)11-21-13(19)12-8-6-5-7-9-12/h5-9,18H,10-11H2,1-4H3,(H,17,20)/t16-/m0/s1. The highest BCUT2D eigenvalue weighted by molar-refractivity contribution is 5.89. The fourth-order valence-corrected chi connectivity index (χ4v) is 1.55. The van der Waals surface area contributed by atoms with Gasteiger partial charge in [-0.05, 0) is 39.8 Å². The van der Waals surface area contributed by atoms with Gasteiger partial charge in [0.15, 0.2) is 0 Å². The van der Waals surface area contributed by atoms with Gasteiger partial charge in [0, 0.05) is 0 Å². The summed E-state index contributed by atoms with van der Waals surface area (Å²) in [6.07, 6.45) is -0.681. The molecule has 122 valence electrons. The van der Waals surface area contributed by atoms with Crippen molar-refractivity contribution >= 4 is 12.1 Å². The molecule has 22 heavy (non-hydrogen) atoms. The van der Waals surface area contributed by atoms with E-state index in [1.807, 2.05) is 0 Å². The summed E-state index contributed by atoms with van der Waals surface area (Å²) in [6.45, 7) is 6.20. The zero-order valence-corrected chi connectivity index (χ0v) is 13.4.